The van der Waals surface area contributed by atoms with Gasteiger partial charge in [-0.15, -0.1) is 0 Å². The van der Waals surface area contributed by atoms with Gasteiger partial charge in [-0.1, -0.05) is 117 Å². The van der Waals surface area contributed by atoms with Crippen molar-refractivity contribution in [3.05, 3.63) is 176 Å². The number of carbonyl (C=O) groups is 10. The molecule has 0 saturated carbocycles. The predicted octanol–water partition coefficient (Wildman–Crippen LogP) is 4.61. The number of carboxylic acid groups (broad SMARTS) is 1. The number of amides is 8. The number of phenolic OH excluding ortho intramolecular Hbond substituents is 3. The molecule has 778 valence electrons. The van der Waals surface area contributed by atoms with E-state index in [1.807, 2.05) is 36.4 Å². The SMILES string of the molecule is CN[C@H](CC(C)C)C(=O)N[C@H]1C(=O)N[C@@H](CC(N)=O)C(=O)N[C@H]2C(=O)N[C@H]3C(=O)N[C@H](C(=O)N[C@H](C(=O)O)c4cc(O)cc(O)c4-c4cc3ccc4O)[C@H](O[C@H]3C[C@](C)(N)[C@@H](O)[C@H](C)O3)c3ccc(c(Cl)c3)Oc3cc2cc(c3O[C@@H]2O[C@H](CO)[C@@H](O)[C@H](O)[C@H]2O[C@H]2C[C@](C)(NCc3ccc(-c4ccc(Cl)cc4)cc3)[C@@H](O)[C@H](C)O2)Oc2ccc(cc2Cl)[C@H]1OC(=O)CC(C)(C)CC(=O)NC(P(=O)(O)O)P(=O)(O)O. The van der Waals surface area contributed by atoms with E-state index in [1.165, 1.54) is 47.7 Å². The number of likely N-dealkylation sites (N-methyl/N-ethyl adjacent to an activating group) is 1. The summed E-state index contributed by atoms with van der Waals surface area (Å²) in [4.78, 5) is 192. The van der Waals surface area contributed by atoms with E-state index in [0.29, 0.717) is 5.02 Å². The number of ether oxygens (including phenoxy) is 9. The van der Waals surface area contributed by atoms with E-state index < -0.39 is 335 Å². The third kappa shape index (κ3) is 25.5. The summed E-state index contributed by atoms with van der Waals surface area (Å²) in [6.45, 7) is 11.1. The first-order valence-electron chi connectivity index (χ1n) is 45.3. The summed E-state index contributed by atoms with van der Waals surface area (Å²) < 4.78 is 84.0. The van der Waals surface area contributed by atoms with Crippen LogP contribution in [0.4, 0.5) is 0 Å². The van der Waals surface area contributed by atoms with Crippen molar-refractivity contribution in [3.8, 4) is 68.2 Å². The number of hydrogen-bond acceptors (Lipinski definition) is 32. The molecule has 15 rings (SSSR count). The lowest BCUT2D eigenvalue weighted by Crippen LogP contribution is -2.65. The molecule has 8 heterocycles. The Morgan fingerprint density at radius 3 is 1.77 bits per heavy atom. The Balaban J connectivity index is 1.03. The first-order chi connectivity index (χ1) is 67.5. The summed E-state index contributed by atoms with van der Waals surface area (Å²) in [6.07, 6.45) is -26.5. The molecule has 45 nitrogen and oxygen atoms in total. The number of esters is 1. The number of hydrogen-bond donors (Lipinski definition) is 24. The summed E-state index contributed by atoms with van der Waals surface area (Å²) in [6, 6.07) is 12.2. The molecule has 22 atom stereocenters. The van der Waals surface area contributed by atoms with E-state index in [0.717, 1.165) is 89.5 Å². The second-order valence-electron chi connectivity index (χ2n) is 37.8. The Hall–Kier alpha value is -11.3. The third-order valence-corrected chi connectivity index (χ3v) is 29.5. The van der Waals surface area contributed by atoms with Crippen molar-refractivity contribution in [2.24, 2.45) is 22.8 Å². The van der Waals surface area contributed by atoms with E-state index in [2.05, 4.69) is 42.5 Å². The number of primary amides is 1. The summed E-state index contributed by atoms with van der Waals surface area (Å²) in [7, 11) is -10.2. The number of carbonyl (C=O) groups excluding carboxylic acids is 9. The average molecular weight is 2110 g/mol. The summed E-state index contributed by atoms with van der Waals surface area (Å²) in [5, 5.41) is 128. The van der Waals surface area contributed by atoms with E-state index in [4.69, 9.17) is 88.9 Å². The van der Waals surface area contributed by atoms with Crippen LogP contribution in [0.2, 0.25) is 15.1 Å². The maximum atomic E-state index is 16.8. The molecule has 0 unspecified atom stereocenters. The van der Waals surface area contributed by atoms with Gasteiger partial charge >= 0.3 is 27.1 Å². The lowest BCUT2D eigenvalue weighted by atomic mass is 9.84. The summed E-state index contributed by atoms with van der Waals surface area (Å²) in [5.41, 5.74) is 4.05. The van der Waals surface area contributed by atoms with E-state index in [9.17, 15) is 98.6 Å². The van der Waals surface area contributed by atoms with Crippen LogP contribution in [0.5, 0.6) is 46.0 Å². The van der Waals surface area contributed by atoms with Crippen molar-refractivity contribution in [2.75, 3.05) is 13.7 Å². The number of carboxylic acids is 1. The highest BCUT2D eigenvalue weighted by atomic mass is 35.5. The fraction of sp³-hybridized carbons (Fsp3) is 0.447. The standard InChI is InChI=1S/C94H112Cl3N11O34P2/c1-39(2)24-55(100-9)83(120)107-73-77(139-66(115)34-92(5,6)33-65(114)103-91(143(128,129)130)144(131,132)133)46-17-22-59(53(96)26-46)136-61-28-48-29-62(79(61)142-90-80(76(117)75(116)63(38-109)138-90)141-68-36-94(8,82(119)41(4)135-68)101-37-42-10-12-43(13-11-42)44-14-19-49(95)20-15-44)137-60-23-18-47(27-54(60)97)78(140-67-35-93(7,99)81(118)40(3)134-67)74-88(125)106-72(89(126)127)52-30-50(110)31-58(112)69(52)51-25-45(16-21-57(51)111)70(85(122)108-74)105-86(123)71(48)104-84(121)56(32-64(98)113)102-87(73)124/h10-23,25-31,39-41,55-56,63,67-68,70-78,80-82,90-91,100-101,109-112,116-119H,24,32-38,99H2,1-9H3,(H2,98,113)(H,102,124)(H,103,114)(H,104,121)(H,105,123)(H,106,125)(H,107,120)(H,108,122)(H,126,127)(H2,128,129,130)(H2,131,132,133)/t40-,41-,55+,56-,63+,67-,68-,70+,71+,72-,73+,74-,75+,76-,77+,78+,80+,81-,82-,90-,93-,94-/m0/s1. The van der Waals surface area contributed by atoms with Crippen LogP contribution in [0, 0.1) is 11.3 Å². The van der Waals surface area contributed by atoms with Crippen molar-refractivity contribution >= 4 is 109 Å². The van der Waals surface area contributed by atoms with Gasteiger partial charge in [0, 0.05) is 64.7 Å². The van der Waals surface area contributed by atoms with Gasteiger partial charge in [-0.05, 0) is 158 Å². The number of phenols is 3. The zero-order valence-electron chi connectivity index (χ0n) is 78.6. The second-order valence-corrected chi connectivity index (χ2v) is 42.9. The van der Waals surface area contributed by atoms with Gasteiger partial charge in [0.2, 0.25) is 64.8 Å². The Morgan fingerprint density at radius 2 is 1.20 bits per heavy atom. The molecule has 26 N–H and O–H groups in total. The molecule has 11 bridgehead atoms. The van der Waals surface area contributed by atoms with Crippen LogP contribution in [-0.2, 0) is 92.0 Å². The van der Waals surface area contributed by atoms with Gasteiger partial charge in [-0.3, -0.25) is 52.3 Å². The van der Waals surface area contributed by atoms with Gasteiger partial charge in [0.05, 0.1) is 60.0 Å². The molecule has 0 aliphatic carbocycles. The summed E-state index contributed by atoms with van der Waals surface area (Å²) in [5.74, 6) is -20.8. The molecule has 8 aliphatic heterocycles. The minimum Gasteiger partial charge on any atom is -0.508 e. The van der Waals surface area contributed by atoms with Gasteiger partial charge in [0.25, 0.3) is 0 Å². The highest BCUT2D eigenvalue weighted by Gasteiger charge is 2.54. The van der Waals surface area contributed by atoms with E-state index >= 15 is 24.0 Å². The van der Waals surface area contributed by atoms with Crippen LogP contribution in [-0.4, -0.2) is 247 Å². The Morgan fingerprint density at radius 1 is 0.632 bits per heavy atom. The molecular weight excluding hydrogens is 2000 g/mol. The molecule has 8 aliphatic rings. The van der Waals surface area contributed by atoms with Gasteiger partial charge in [-0.25, -0.2) is 4.79 Å². The van der Waals surface area contributed by atoms with Gasteiger partial charge in [0.15, 0.2) is 42.3 Å². The van der Waals surface area contributed by atoms with E-state index in [1.54, 1.807) is 38.2 Å². The lowest BCUT2D eigenvalue weighted by molar-refractivity contribution is -0.334. The summed E-state index contributed by atoms with van der Waals surface area (Å²) >= 11 is 21.1. The molecule has 144 heavy (non-hydrogen) atoms. The van der Waals surface area contributed by atoms with Crippen LogP contribution >= 0.6 is 50.0 Å². The minimum absolute atomic E-state index is 0.0219. The number of rotatable bonds is 27. The van der Waals surface area contributed by atoms with Crippen molar-refractivity contribution in [1.29, 1.82) is 0 Å². The molecule has 0 spiro atoms. The zero-order valence-corrected chi connectivity index (χ0v) is 82.6. The number of aliphatic hydroxyl groups is 5. The van der Waals surface area contributed by atoms with E-state index in [-0.39, 0.29) is 36.4 Å². The van der Waals surface area contributed by atoms with Crippen molar-refractivity contribution in [2.45, 2.75) is 239 Å². The smallest absolute Gasteiger partial charge is 0.360 e. The molecule has 3 fully saturated rings. The minimum atomic E-state index is -5.80. The van der Waals surface area contributed by atoms with Crippen LogP contribution < -0.4 is 73.5 Å². The van der Waals surface area contributed by atoms with Gasteiger partial charge in [0.1, 0.15) is 83.4 Å². The molecule has 8 amide bonds. The number of nitrogens with two attached hydrogens (primary N) is 2. The second kappa shape index (κ2) is 44.6. The highest BCUT2D eigenvalue weighted by Crippen LogP contribution is 2.59. The fourth-order valence-corrected chi connectivity index (χ4v) is 20.7. The monoisotopic (exact) mass is 2110 g/mol. The van der Waals surface area contributed by atoms with Crippen molar-refractivity contribution in [3.63, 3.8) is 0 Å². The number of benzene rings is 7. The maximum Gasteiger partial charge on any atom is 0.360 e. The molecule has 7 aromatic carbocycles. The topological polar surface area (TPSA) is 711 Å². The van der Waals surface area contributed by atoms with Crippen molar-refractivity contribution < 1.29 is 165 Å². The third-order valence-electron chi connectivity index (χ3n) is 25.3. The number of nitrogens with one attached hydrogen (secondary N) is 9. The molecule has 50 heteroatoms. The molecule has 7 aromatic rings. The number of aliphatic carboxylic acids is 1. The van der Waals surface area contributed by atoms with Crippen LogP contribution in [0.1, 0.15) is 158 Å². The fourth-order valence-electron chi connectivity index (χ4n) is 17.9. The lowest BCUT2D eigenvalue weighted by Gasteiger charge is -2.48. The quantitative estimate of drug-likeness (QED) is 0.0247. The molecule has 0 aromatic heterocycles. The van der Waals surface area contributed by atoms with Crippen LogP contribution in [0.25, 0.3) is 22.3 Å². The molecule has 0 radical (unpaired) electrons. The maximum absolute atomic E-state index is 16.8. The van der Waals surface area contributed by atoms with Gasteiger partial charge in [-0.2, -0.15) is 0 Å². The largest absolute Gasteiger partial charge is 0.508 e. The Bertz CT molecular complexity index is 6120. The normalized spacial score (nSPS) is 27.7. The first kappa shape index (κ1) is 110. The van der Waals surface area contributed by atoms with Gasteiger partial charge < -0.3 is 167 Å². The zero-order chi connectivity index (χ0) is 105. The average Bonchev–Trinajstić information content (AvgIpc) is 0.756. The van der Waals surface area contributed by atoms with Crippen molar-refractivity contribution in [1.82, 2.24) is 47.9 Å². The Labute approximate surface area is 837 Å². The first-order valence-corrected chi connectivity index (χ1v) is 49.8. The molecule has 3 saturated heterocycles. The van der Waals surface area contributed by atoms with Crippen LogP contribution in [0.15, 0.2) is 127 Å². The predicted molar refractivity (Wildman–Crippen MR) is 508 cm³/mol. The number of aliphatic hydroxyl groups excluding tert-OH is 5. The highest BCUT2D eigenvalue weighted by molar-refractivity contribution is 7.70. The number of fused-ring (bicyclic) bond motifs is 15. The number of halogens is 3. The molecular formula is C94H112Cl3N11O34P2. The Kier molecular flexibility index (Phi) is 34.0. The van der Waals surface area contributed by atoms with Crippen LogP contribution in [0.3, 0.4) is 0 Å². The number of aromatic hydroxyl groups is 3.